The molecular formula is C31H40FN7O6. The van der Waals surface area contributed by atoms with Crippen LogP contribution in [0.15, 0.2) is 42.5 Å². The highest BCUT2D eigenvalue weighted by atomic mass is 19.1. The second-order valence-corrected chi connectivity index (χ2v) is 10.9. The second-order valence-electron chi connectivity index (χ2n) is 10.9. The summed E-state index contributed by atoms with van der Waals surface area (Å²) in [6, 6.07) is 9.89. The normalized spacial score (nSPS) is 17.5. The lowest BCUT2D eigenvalue weighted by Gasteiger charge is -2.33. The van der Waals surface area contributed by atoms with Gasteiger partial charge in [0.15, 0.2) is 11.5 Å². The van der Waals surface area contributed by atoms with Crippen LogP contribution in [0.3, 0.4) is 0 Å². The maximum atomic E-state index is 14.0. The highest BCUT2D eigenvalue weighted by molar-refractivity contribution is 5.88. The molecular weight excluding hydrogens is 585 g/mol. The van der Waals surface area contributed by atoms with Crippen molar-refractivity contribution in [3.63, 3.8) is 0 Å². The maximum absolute atomic E-state index is 14.0. The third-order valence-electron chi connectivity index (χ3n) is 7.94. The van der Waals surface area contributed by atoms with Gasteiger partial charge in [-0.15, -0.1) is 10.2 Å². The molecule has 2 amide bonds. The third-order valence-corrected chi connectivity index (χ3v) is 7.94. The first-order valence-corrected chi connectivity index (χ1v) is 15.2. The number of carbonyl (C=O) groups is 2. The third kappa shape index (κ3) is 8.53. The standard InChI is InChI=1S/C31H40FN7O6/c1-42-26-11-8-23(19-27(26)43-2)30-34-36-39(35-30)21-28(40)38(13-4-12-37-14-17-44-18-15-37)29(22-6-9-24(32)10-7-22)31(41)33-20-25-5-3-16-45-25/h6-11,19,25,29H,3-5,12-18,20-21H2,1-2H3,(H,33,41)/t25-,29+/m0/s1. The van der Waals surface area contributed by atoms with Crippen LogP contribution in [0.4, 0.5) is 4.39 Å². The zero-order valence-corrected chi connectivity index (χ0v) is 25.7. The predicted molar refractivity (Wildman–Crippen MR) is 161 cm³/mol. The van der Waals surface area contributed by atoms with Gasteiger partial charge in [-0.25, -0.2) is 4.39 Å². The topological polar surface area (TPSA) is 133 Å². The lowest BCUT2D eigenvalue weighted by Crippen LogP contribution is -2.47. The average Bonchev–Trinajstić information content (AvgIpc) is 3.77. The number of tetrazole rings is 1. The first-order chi connectivity index (χ1) is 21.9. The van der Waals surface area contributed by atoms with Crippen LogP contribution in [-0.2, 0) is 25.6 Å². The monoisotopic (exact) mass is 625 g/mol. The summed E-state index contributed by atoms with van der Waals surface area (Å²) in [7, 11) is 3.08. The molecule has 2 aromatic carbocycles. The van der Waals surface area contributed by atoms with Gasteiger partial charge in [-0.3, -0.25) is 14.5 Å². The minimum absolute atomic E-state index is 0.0809. The predicted octanol–water partition coefficient (Wildman–Crippen LogP) is 2.08. The van der Waals surface area contributed by atoms with Gasteiger partial charge in [-0.1, -0.05) is 12.1 Å². The van der Waals surface area contributed by atoms with Crippen molar-refractivity contribution in [3.8, 4) is 22.9 Å². The molecule has 0 radical (unpaired) electrons. The van der Waals surface area contributed by atoms with E-state index in [1.54, 1.807) is 25.3 Å². The fourth-order valence-corrected chi connectivity index (χ4v) is 5.53. The highest BCUT2D eigenvalue weighted by Crippen LogP contribution is 2.31. The van der Waals surface area contributed by atoms with Crippen molar-refractivity contribution in [2.75, 3.05) is 66.8 Å². The van der Waals surface area contributed by atoms with Gasteiger partial charge in [0.25, 0.3) is 0 Å². The molecule has 14 heteroatoms. The minimum atomic E-state index is -1.00. The Hall–Kier alpha value is -4.14. The van der Waals surface area contributed by atoms with Crippen molar-refractivity contribution >= 4 is 11.8 Å². The molecule has 3 heterocycles. The Balaban J connectivity index is 1.37. The number of amides is 2. The molecule has 13 nitrogen and oxygen atoms in total. The summed E-state index contributed by atoms with van der Waals surface area (Å²) < 4.78 is 35.8. The van der Waals surface area contributed by atoms with E-state index in [0.717, 1.165) is 32.5 Å². The largest absolute Gasteiger partial charge is 0.493 e. The highest BCUT2D eigenvalue weighted by Gasteiger charge is 2.33. The van der Waals surface area contributed by atoms with Gasteiger partial charge in [0.05, 0.1) is 33.5 Å². The molecule has 0 spiro atoms. The van der Waals surface area contributed by atoms with E-state index in [0.29, 0.717) is 61.2 Å². The fraction of sp³-hybridized carbons (Fsp3) is 0.516. The lowest BCUT2D eigenvalue weighted by atomic mass is 10.0. The second kappa shape index (κ2) is 15.7. The number of halogens is 1. The number of ether oxygens (including phenoxy) is 4. The van der Waals surface area contributed by atoms with Gasteiger partial charge in [0.2, 0.25) is 17.6 Å². The van der Waals surface area contributed by atoms with E-state index in [-0.39, 0.29) is 31.0 Å². The Kier molecular flexibility index (Phi) is 11.3. The first-order valence-electron chi connectivity index (χ1n) is 15.2. The average molecular weight is 626 g/mol. The number of morpholine rings is 1. The molecule has 1 aromatic heterocycles. The van der Waals surface area contributed by atoms with Crippen LogP contribution in [-0.4, -0.2) is 115 Å². The van der Waals surface area contributed by atoms with E-state index < -0.39 is 11.9 Å². The van der Waals surface area contributed by atoms with E-state index in [9.17, 15) is 14.0 Å². The summed E-state index contributed by atoms with van der Waals surface area (Å²) in [6.07, 6.45) is 2.32. The van der Waals surface area contributed by atoms with Crippen LogP contribution in [0.2, 0.25) is 0 Å². The number of rotatable bonds is 14. The van der Waals surface area contributed by atoms with Crippen molar-refractivity contribution in [3.05, 3.63) is 53.8 Å². The summed E-state index contributed by atoms with van der Waals surface area (Å²) >= 11 is 0. The lowest BCUT2D eigenvalue weighted by molar-refractivity contribution is -0.142. The number of carbonyl (C=O) groups excluding carboxylic acids is 2. The maximum Gasteiger partial charge on any atom is 0.247 e. The van der Waals surface area contributed by atoms with Gasteiger partial charge < -0.3 is 29.2 Å². The van der Waals surface area contributed by atoms with Crippen molar-refractivity contribution in [1.29, 1.82) is 0 Å². The Morgan fingerprint density at radius 2 is 1.87 bits per heavy atom. The fourth-order valence-electron chi connectivity index (χ4n) is 5.53. The van der Waals surface area contributed by atoms with E-state index in [1.165, 1.54) is 41.1 Å². The van der Waals surface area contributed by atoms with Crippen molar-refractivity contribution < 1.29 is 32.9 Å². The number of hydrogen-bond donors (Lipinski definition) is 1. The minimum Gasteiger partial charge on any atom is -0.493 e. The van der Waals surface area contributed by atoms with Crippen LogP contribution in [0.25, 0.3) is 11.4 Å². The molecule has 0 unspecified atom stereocenters. The summed E-state index contributed by atoms with van der Waals surface area (Å²) in [5.41, 5.74) is 1.13. The summed E-state index contributed by atoms with van der Waals surface area (Å²) in [5, 5.41) is 15.6. The summed E-state index contributed by atoms with van der Waals surface area (Å²) in [4.78, 5) is 32.8. The Morgan fingerprint density at radius 1 is 1.09 bits per heavy atom. The van der Waals surface area contributed by atoms with Gasteiger partial charge in [0, 0.05) is 44.9 Å². The molecule has 242 valence electrons. The quantitative estimate of drug-likeness (QED) is 0.284. The van der Waals surface area contributed by atoms with Crippen molar-refractivity contribution in [2.24, 2.45) is 0 Å². The molecule has 0 aliphatic carbocycles. The first kappa shape index (κ1) is 32.3. The van der Waals surface area contributed by atoms with Crippen LogP contribution < -0.4 is 14.8 Å². The molecule has 2 fully saturated rings. The number of hydrogen-bond acceptors (Lipinski definition) is 10. The van der Waals surface area contributed by atoms with Crippen LogP contribution >= 0.6 is 0 Å². The van der Waals surface area contributed by atoms with Gasteiger partial charge >= 0.3 is 0 Å². The summed E-state index contributed by atoms with van der Waals surface area (Å²) in [6.45, 7) is 4.66. The van der Waals surface area contributed by atoms with Gasteiger partial charge in [-0.2, -0.15) is 4.80 Å². The molecule has 1 N–H and O–H groups in total. The van der Waals surface area contributed by atoms with Crippen LogP contribution in [0.5, 0.6) is 11.5 Å². The molecule has 2 saturated heterocycles. The number of aromatic nitrogens is 4. The molecule has 45 heavy (non-hydrogen) atoms. The zero-order chi connectivity index (χ0) is 31.6. The Labute approximate surface area is 261 Å². The number of benzene rings is 2. The van der Waals surface area contributed by atoms with E-state index in [2.05, 4.69) is 25.6 Å². The molecule has 2 aliphatic heterocycles. The van der Waals surface area contributed by atoms with Gasteiger partial charge in [0.1, 0.15) is 18.4 Å². The molecule has 3 aromatic rings. The number of nitrogens with one attached hydrogen (secondary N) is 1. The Morgan fingerprint density at radius 3 is 2.58 bits per heavy atom. The van der Waals surface area contributed by atoms with E-state index in [4.69, 9.17) is 18.9 Å². The smallest absolute Gasteiger partial charge is 0.247 e. The van der Waals surface area contributed by atoms with Crippen molar-refractivity contribution in [1.82, 2.24) is 35.3 Å². The van der Waals surface area contributed by atoms with Crippen LogP contribution in [0, 0.1) is 5.82 Å². The van der Waals surface area contributed by atoms with Crippen molar-refractivity contribution in [2.45, 2.75) is 38.0 Å². The Bertz CT molecular complexity index is 1410. The summed E-state index contributed by atoms with van der Waals surface area (Å²) in [5.74, 6) is 0.180. The molecule has 5 rings (SSSR count). The molecule has 0 bridgehead atoms. The molecule has 0 saturated carbocycles. The number of methoxy groups -OCH3 is 2. The van der Waals surface area contributed by atoms with E-state index >= 15 is 0 Å². The number of nitrogens with zero attached hydrogens (tertiary/aromatic N) is 6. The molecule has 2 atom stereocenters. The van der Waals surface area contributed by atoms with Crippen LogP contribution in [0.1, 0.15) is 30.9 Å². The zero-order valence-electron chi connectivity index (χ0n) is 25.7. The van der Waals surface area contributed by atoms with Gasteiger partial charge in [-0.05, 0) is 60.4 Å². The molecule has 2 aliphatic rings. The van der Waals surface area contributed by atoms with E-state index in [1.807, 2.05) is 0 Å². The SMILES string of the molecule is COc1ccc(-c2nnn(CC(=O)N(CCCN3CCOCC3)[C@@H](C(=O)NC[C@@H]3CCCO3)c3ccc(F)cc3)n2)cc1OC.